The molecule has 2 saturated heterocycles. The summed E-state index contributed by atoms with van der Waals surface area (Å²) in [6, 6.07) is 10.1. The Hall–Kier alpha value is -2.38. The van der Waals surface area contributed by atoms with Crippen LogP contribution in [0.15, 0.2) is 47.7 Å². The Morgan fingerprint density at radius 1 is 1.21 bits per heavy atom. The van der Waals surface area contributed by atoms with E-state index >= 15 is 0 Å². The van der Waals surface area contributed by atoms with Crippen molar-refractivity contribution in [1.82, 2.24) is 20.0 Å². The Morgan fingerprint density at radius 2 is 2.07 bits per heavy atom. The zero-order chi connectivity index (χ0) is 19.2. The number of hydrogen-bond acceptors (Lipinski definition) is 4. The van der Waals surface area contributed by atoms with E-state index in [1.54, 1.807) is 0 Å². The fourth-order valence-electron chi connectivity index (χ4n) is 3.74. The summed E-state index contributed by atoms with van der Waals surface area (Å²) in [6.45, 7) is 6.76. The molecule has 150 valence electrons. The highest BCUT2D eigenvalue weighted by molar-refractivity contribution is 5.80. The molecule has 1 aromatic heterocycles. The molecule has 1 N–H and O–H groups in total. The van der Waals surface area contributed by atoms with Crippen LogP contribution in [-0.4, -0.2) is 65.7 Å². The molecule has 4 rings (SSSR count). The van der Waals surface area contributed by atoms with Gasteiger partial charge in [0.25, 0.3) is 0 Å². The lowest BCUT2D eigenvalue weighted by molar-refractivity contribution is -0.0817. The van der Waals surface area contributed by atoms with E-state index in [1.807, 2.05) is 47.4 Å². The van der Waals surface area contributed by atoms with Gasteiger partial charge in [-0.15, -0.1) is 0 Å². The topological polar surface area (TPSA) is 63.9 Å². The van der Waals surface area contributed by atoms with Gasteiger partial charge in [0.2, 0.25) is 0 Å². The molecule has 2 fully saturated rings. The van der Waals surface area contributed by atoms with E-state index in [4.69, 9.17) is 14.5 Å². The molecule has 0 radical (unpaired) electrons. The Balaban J connectivity index is 1.42. The number of rotatable bonds is 5. The first-order valence-corrected chi connectivity index (χ1v) is 10.2. The molecule has 7 nitrogen and oxygen atoms in total. The van der Waals surface area contributed by atoms with Crippen molar-refractivity contribution < 1.29 is 9.47 Å². The van der Waals surface area contributed by atoms with Crippen molar-refractivity contribution in [1.29, 1.82) is 0 Å². The van der Waals surface area contributed by atoms with Gasteiger partial charge in [0, 0.05) is 38.0 Å². The van der Waals surface area contributed by atoms with Gasteiger partial charge in [-0.25, -0.2) is 9.67 Å². The first-order valence-electron chi connectivity index (χ1n) is 10.2. The number of aromatic nitrogens is 2. The fraction of sp³-hybridized carbons (Fsp3) is 0.524. The van der Waals surface area contributed by atoms with Crippen LogP contribution in [-0.2, 0) is 16.0 Å². The van der Waals surface area contributed by atoms with Crippen molar-refractivity contribution in [3.63, 3.8) is 0 Å². The third kappa shape index (κ3) is 4.54. The number of morpholine rings is 1. The van der Waals surface area contributed by atoms with E-state index in [0.29, 0.717) is 13.2 Å². The minimum absolute atomic E-state index is 0.126. The van der Waals surface area contributed by atoms with Crippen molar-refractivity contribution >= 4 is 5.96 Å². The highest BCUT2D eigenvalue weighted by atomic mass is 16.5. The number of guanidine groups is 1. The van der Waals surface area contributed by atoms with E-state index in [1.165, 1.54) is 0 Å². The first-order chi connectivity index (χ1) is 13.8. The average Bonchev–Trinajstić information content (AvgIpc) is 3.44. The molecule has 0 aliphatic carbocycles. The SMILES string of the molecule is CCNC(=NCc1cnn(-c2ccccc2)c1)N1CCOC(C2CCCO2)C1. The van der Waals surface area contributed by atoms with E-state index in [-0.39, 0.29) is 12.2 Å². The summed E-state index contributed by atoms with van der Waals surface area (Å²) in [6.07, 6.45) is 6.48. The predicted molar refractivity (Wildman–Crippen MR) is 109 cm³/mol. The fourth-order valence-corrected chi connectivity index (χ4v) is 3.74. The van der Waals surface area contributed by atoms with Gasteiger partial charge >= 0.3 is 0 Å². The Labute approximate surface area is 166 Å². The Morgan fingerprint density at radius 3 is 2.86 bits per heavy atom. The summed E-state index contributed by atoms with van der Waals surface area (Å²) in [4.78, 5) is 7.15. The lowest BCUT2D eigenvalue weighted by Gasteiger charge is -2.37. The van der Waals surface area contributed by atoms with Gasteiger partial charge in [-0.05, 0) is 31.9 Å². The molecule has 0 bridgehead atoms. The Kier molecular flexibility index (Phi) is 6.24. The molecule has 2 aromatic rings. The summed E-state index contributed by atoms with van der Waals surface area (Å²) < 4.78 is 13.7. The number of para-hydroxylation sites is 1. The smallest absolute Gasteiger partial charge is 0.194 e. The Bertz CT molecular complexity index is 770. The largest absolute Gasteiger partial charge is 0.375 e. The van der Waals surface area contributed by atoms with Crippen LogP contribution in [0, 0.1) is 0 Å². The number of hydrogen-bond donors (Lipinski definition) is 1. The third-order valence-corrected chi connectivity index (χ3v) is 5.18. The molecular weight excluding hydrogens is 354 g/mol. The third-order valence-electron chi connectivity index (χ3n) is 5.18. The molecule has 7 heteroatoms. The minimum atomic E-state index is 0.126. The van der Waals surface area contributed by atoms with Crippen LogP contribution in [0.2, 0.25) is 0 Å². The lowest BCUT2D eigenvalue weighted by atomic mass is 10.1. The van der Waals surface area contributed by atoms with E-state index in [0.717, 1.165) is 56.3 Å². The van der Waals surface area contributed by atoms with Crippen LogP contribution in [0.3, 0.4) is 0 Å². The molecule has 1 aromatic carbocycles. The van der Waals surface area contributed by atoms with Crippen molar-refractivity contribution in [2.75, 3.05) is 32.8 Å². The first kappa shape index (κ1) is 19.0. The molecule has 0 saturated carbocycles. The van der Waals surface area contributed by atoms with Crippen LogP contribution < -0.4 is 5.32 Å². The van der Waals surface area contributed by atoms with Crippen molar-refractivity contribution in [2.24, 2.45) is 4.99 Å². The zero-order valence-corrected chi connectivity index (χ0v) is 16.5. The number of aliphatic imine (C=N–C) groups is 1. The highest BCUT2D eigenvalue weighted by Gasteiger charge is 2.32. The summed E-state index contributed by atoms with van der Waals surface area (Å²) in [5.74, 6) is 0.932. The number of ether oxygens (including phenoxy) is 2. The van der Waals surface area contributed by atoms with Gasteiger partial charge in [0.15, 0.2) is 5.96 Å². The zero-order valence-electron chi connectivity index (χ0n) is 16.5. The molecule has 3 heterocycles. The average molecular weight is 383 g/mol. The number of nitrogens with one attached hydrogen (secondary N) is 1. The summed E-state index contributed by atoms with van der Waals surface area (Å²) in [7, 11) is 0. The van der Waals surface area contributed by atoms with Gasteiger partial charge in [0.1, 0.15) is 6.10 Å². The monoisotopic (exact) mass is 383 g/mol. The maximum absolute atomic E-state index is 5.97. The molecule has 0 amide bonds. The molecular formula is C21H29N5O2. The summed E-state index contributed by atoms with van der Waals surface area (Å²) in [5, 5.41) is 7.89. The van der Waals surface area contributed by atoms with Gasteiger partial charge in [-0.1, -0.05) is 18.2 Å². The summed E-state index contributed by atoms with van der Waals surface area (Å²) >= 11 is 0. The van der Waals surface area contributed by atoms with E-state index in [9.17, 15) is 0 Å². The van der Waals surface area contributed by atoms with E-state index < -0.39 is 0 Å². The second kappa shape index (κ2) is 9.21. The molecule has 28 heavy (non-hydrogen) atoms. The van der Waals surface area contributed by atoms with Gasteiger partial charge in [-0.2, -0.15) is 5.10 Å². The number of benzene rings is 1. The maximum atomic E-state index is 5.97. The molecule has 2 unspecified atom stereocenters. The standard InChI is InChI=1S/C21H29N5O2/c1-2-22-21(25-10-12-28-20(16-25)19-9-6-11-27-19)23-13-17-14-24-26(15-17)18-7-4-3-5-8-18/h3-5,7-8,14-15,19-20H,2,6,9-13,16H2,1H3,(H,22,23). The van der Waals surface area contributed by atoms with Crippen LogP contribution >= 0.6 is 0 Å². The minimum Gasteiger partial charge on any atom is -0.375 e. The van der Waals surface area contributed by atoms with Crippen LogP contribution in [0.25, 0.3) is 5.69 Å². The number of nitrogens with zero attached hydrogens (tertiary/aromatic N) is 4. The maximum Gasteiger partial charge on any atom is 0.194 e. The quantitative estimate of drug-likeness (QED) is 0.634. The molecule has 0 spiro atoms. The lowest BCUT2D eigenvalue weighted by Crippen LogP contribution is -2.53. The van der Waals surface area contributed by atoms with Crippen molar-refractivity contribution in [3.8, 4) is 5.69 Å². The van der Waals surface area contributed by atoms with Crippen LogP contribution in [0.5, 0.6) is 0 Å². The van der Waals surface area contributed by atoms with Crippen molar-refractivity contribution in [3.05, 3.63) is 48.3 Å². The van der Waals surface area contributed by atoms with Gasteiger partial charge in [-0.3, -0.25) is 0 Å². The second-order valence-electron chi connectivity index (χ2n) is 7.21. The van der Waals surface area contributed by atoms with Gasteiger partial charge in [0.05, 0.1) is 31.1 Å². The van der Waals surface area contributed by atoms with Crippen LogP contribution in [0.4, 0.5) is 0 Å². The molecule has 2 atom stereocenters. The molecule has 2 aliphatic rings. The van der Waals surface area contributed by atoms with Gasteiger partial charge < -0.3 is 19.7 Å². The van der Waals surface area contributed by atoms with Crippen molar-refractivity contribution in [2.45, 2.75) is 38.5 Å². The second-order valence-corrected chi connectivity index (χ2v) is 7.21. The normalized spacial score (nSPS) is 23.2. The van der Waals surface area contributed by atoms with E-state index in [2.05, 4.69) is 22.2 Å². The summed E-state index contributed by atoms with van der Waals surface area (Å²) in [5.41, 5.74) is 2.14. The highest BCUT2D eigenvalue weighted by Crippen LogP contribution is 2.21. The van der Waals surface area contributed by atoms with Crippen LogP contribution in [0.1, 0.15) is 25.3 Å². The predicted octanol–water partition coefficient (Wildman–Crippen LogP) is 2.22. The molecule has 2 aliphatic heterocycles.